The molecular weight excluding hydrogens is 266 g/mol. The predicted molar refractivity (Wildman–Crippen MR) is 73.9 cm³/mol. The van der Waals surface area contributed by atoms with Crippen molar-refractivity contribution in [3.05, 3.63) is 62.7 Å². The first-order chi connectivity index (χ1) is 8.97. The third-order valence-electron chi connectivity index (χ3n) is 2.66. The van der Waals surface area contributed by atoms with Crippen LogP contribution >= 0.6 is 11.6 Å². The minimum absolute atomic E-state index is 0.302. The minimum Gasteiger partial charge on any atom is -0.427 e. The van der Waals surface area contributed by atoms with Gasteiger partial charge in [0, 0.05) is 16.8 Å². The first kappa shape index (κ1) is 13.4. The average Bonchev–Trinajstić information content (AvgIpc) is 2.30. The Morgan fingerprint density at radius 1 is 1.21 bits per heavy atom. The quantitative estimate of drug-likeness (QED) is 0.917. The normalized spacial score (nSPS) is 10.3. The van der Waals surface area contributed by atoms with E-state index in [1.165, 1.54) is 6.07 Å². The van der Waals surface area contributed by atoms with Gasteiger partial charge in [0.05, 0.1) is 5.56 Å². The van der Waals surface area contributed by atoms with Gasteiger partial charge >= 0.3 is 5.63 Å². The van der Waals surface area contributed by atoms with E-state index in [-0.39, 0.29) is 5.91 Å². The van der Waals surface area contributed by atoms with Crippen molar-refractivity contribution in [2.75, 3.05) is 5.32 Å². The summed E-state index contributed by atoms with van der Waals surface area (Å²) < 4.78 is 4.93. The molecule has 0 spiro atoms. The third-order valence-corrected chi connectivity index (χ3v) is 2.92. The molecule has 1 aromatic heterocycles. The van der Waals surface area contributed by atoms with Crippen LogP contribution in [0.2, 0.25) is 5.02 Å². The Labute approximate surface area is 115 Å². The second-order valence-electron chi connectivity index (χ2n) is 4.14. The highest BCUT2D eigenvalue weighted by atomic mass is 35.5. The molecule has 0 bridgehead atoms. The lowest BCUT2D eigenvalue weighted by molar-refractivity contribution is 0.102. The van der Waals surface area contributed by atoms with E-state index in [1.54, 1.807) is 38.1 Å². The van der Waals surface area contributed by atoms with Gasteiger partial charge < -0.3 is 9.73 Å². The van der Waals surface area contributed by atoms with E-state index in [1.807, 2.05) is 0 Å². The fourth-order valence-corrected chi connectivity index (χ4v) is 1.95. The molecule has 2 aromatic rings. The molecule has 0 saturated carbocycles. The minimum atomic E-state index is -0.460. The Morgan fingerprint density at radius 3 is 2.42 bits per heavy atom. The monoisotopic (exact) mass is 277 g/mol. The number of hydrogen-bond donors (Lipinski definition) is 1. The van der Waals surface area contributed by atoms with Gasteiger partial charge in [-0.3, -0.25) is 4.79 Å². The summed E-state index contributed by atoms with van der Waals surface area (Å²) in [6, 6.07) is 8.06. The van der Waals surface area contributed by atoms with Crippen LogP contribution in [0.5, 0.6) is 0 Å². The largest absolute Gasteiger partial charge is 0.427 e. The van der Waals surface area contributed by atoms with Crippen LogP contribution in [0.1, 0.15) is 21.7 Å². The topological polar surface area (TPSA) is 59.3 Å². The van der Waals surface area contributed by atoms with Crippen molar-refractivity contribution in [1.29, 1.82) is 0 Å². The van der Waals surface area contributed by atoms with Crippen LogP contribution in [0.4, 0.5) is 5.69 Å². The van der Waals surface area contributed by atoms with Gasteiger partial charge in [0.15, 0.2) is 0 Å². The van der Waals surface area contributed by atoms with Gasteiger partial charge in [-0.05, 0) is 43.7 Å². The van der Waals surface area contributed by atoms with Gasteiger partial charge in [-0.15, -0.1) is 0 Å². The van der Waals surface area contributed by atoms with Crippen molar-refractivity contribution in [3.63, 3.8) is 0 Å². The van der Waals surface area contributed by atoms with Gasteiger partial charge in [-0.25, -0.2) is 4.79 Å². The number of carbonyl (C=O) groups is 1. The molecule has 1 amide bonds. The highest BCUT2D eigenvalue weighted by molar-refractivity contribution is 6.30. The molecule has 0 saturated heterocycles. The molecule has 1 aromatic carbocycles. The number of amides is 1. The summed E-state index contributed by atoms with van der Waals surface area (Å²) in [6.07, 6.45) is 0. The van der Waals surface area contributed by atoms with Crippen molar-refractivity contribution in [3.8, 4) is 0 Å². The highest BCUT2D eigenvalue weighted by Crippen LogP contribution is 2.16. The Kier molecular flexibility index (Phi) is 3.71. The lowest BCUT2D eigenvalue weighted by atomic mass is 10.1. The number of halogens is 1. The fraction of sp³-hybridized carbons (Fsp3) is 0.143. The number of hydrogen-bond acceptors (Lipinski definition) is 3. The maximum atomic E-state index is 12.1. The lowest BCUT2D eigenvalue weighted by Gasteiger charge is -2.09. The number of rotatable bonds is 2. The number of benzene rings is 1. The molecule has 2 rings (SSSR count). The second kappa shape index (κ2) is 5.28. The Balaban J connectivity index is 2.30. The van der Waals surface area contributed by atoms with Crippen molar-refractivity contribution < 1.29 is 9.21 Å². The van der Waals surface area contributed by atoms with E-state index in [4.69, 9.17) is 16.0 Å². The molecule has 1 heterocycles. The number of carbonyl (C=O) groups excluding carboxylic acids is 1. The molecule has 0 atom stereocenters. The van der Waals surface area contributed by atoms with Crippen molar-refractivity contribution in [2.45, 2.75) is 13.8 Å². The molecule has 0 fully saturated rings. The number of nitrogens with one attached hydrogen (secondary N) is 1. The van der Waals surface area contributed by atoms with Crippen LogP contribution in [0, 0.1) is 13.8 Å². The fourth-order valence-electron chi connectivity index (χ4n) is 1.82. The van der Waals surface area contributed by atoms with E-state index < -0.39 is 5.63 Å². The van der Waals surface area contributed by atoms with Crippen molar-refractivity contribution in [1.82, 2.24) is 0 Å². The SMILES string of the molecule is Cc1cc(=O)oc(C)c1C(=O)Nc1ccc(Cl)cc1. The Morgan fingerprint density at radius 2 is 1.84 bits per heavy atom. The molecule has 0 radical (unpaired) electrons. The second-order valence-corrected chi connectivity index (χ2v) is 4.58. The van der Waals surface area contributed by atoms with Gasteiger partial charge in [0.2, 0.25) is 0 Å². The van der Waals surface area contributed by atoms with Gasteiger partial charge in [0.1, 0.15) is 5.76 Å². The smallest absolute Gasteiger partial charge is 0.336 e. The summed E-state index contributed by atoms with van der Waals surface area (Å²) in [5.74, 6) is -0.0162. The van der Waals surface area contributed by atoms with Crippen molar-refractivity contribution >= 4 is 23.2 Å². The van der Waals surface area contributed by atoms with Gasteiger partial charge in [0.25, 0.3) is 5.91 Å². The van der Waals surface area contributed by atoms with E-state index in [0.29, 0.717) is 27.6 Å². The first-order valence-corrected chi connectivity index (χ1v) is 6.03. The van der Waals surface area contributed by atoms with Crippen LogP contribution in [0.15, 0.2) is 39.5 Å². The number of anilines is 1. The Bertz CT molecular complexity index is 648. The summed E-state index contributed by atoms with van der Waals surface area (Å²) in [5.41, 5.74) is 1.12. The summed E-state index contributed by atoms with van der Waals surface area (Å²) in [5, 5.41) is 3.32. The summed E-state index contributed by atoms with van der Waals surface area (Å²) in [4.78, 5) is 23.3. The van der Waals surface area contributed by atoms with E-state index in [2.05, 4.69) is 5.32 Å². The van der Waals surface area contributed by atoms with Crippen molar-refractivity contribution in [2.24, 2.45) is 0 Å². The Hall–Kier alpha value is -2.07. The number of aryl methyl sites for hydroxylation is 2. The zero-order chi connectivity index (χ0) is 14.0. The van der Waals surface area contributed by atoms with E-state index in [0.717, 1.165) is 0 Å². The first-order valence-electron chi connectivity index (χ1n) is 5.65. The molecular formula is C14H12ClNO3. The van der Waals surface area contributed by atoms with E-state index in [9.17, 15) is 9.59 Å². The summed E-state index contributed by atoms with van der Waals surface area (Å²) in [7, 11) is 0. The molecule has 5 heteroatoms. The summed E-state index contributed by atoms with van der Waals surface area (Å²) in [6.45, 7) is 3.28. The zero-order valence-electron chi connectivity index (χ0n) is 10.5. The van der Waals surface area contributed by atoms with E-state index >= 15 is 0 Å². The highest BCUT2D eigenvalue weighted by Gasteiger charge is 2.15. The predicted octanol–water partition coefficient (Wildman–Crippen LogP) is 3.16. The lowest BCUT2D eigenvalue weighted by Crippen LogP contribution is -2.17. The maximum absolute atomic E-state index is 12.1. The summed E-state index contributed by atoms with van der Waals surface area (Å²) >= 11 is 5.77. The molecule has 0 aliphatic heterocycles. The molecule has 19 heavy (non-hydrogen) atoms. The molecule has 0 unspecified atom stereocenters. The molecule has 98 valence electrons. The molecule has 0 aliphatic rings. The third kappa shape index (κ3) is 3.03. The molecule has 4 nitrogen and oxygen atoms in total. The molecule has 0 aliphatic carbocycles. The van der Waals surface area contributed by atoms with Crippen LogP contribution in [-0.4, -0.2) is 5.91 Å². The van der Waals surface area contributed by atoms with Crippen LogP contribution < -0.4 is 10.9 Å². The van der Waals surface area contributed by atoms with Crippen LogP contribution in [-0.2, 0) is 0 Å². The standard InChI is InChI=1S/C14H12ClNO3/c1-8-7-12(17)19-9(2)13(8)14(18)16-11-5-3-10(15)4-6-11/h3-7H,1-2H3,(H,16,18). The zero-order valence-corrected chi connectivity index (χ0v) is 11.2. The van der Waals surface area contributed by atoms with Gasteiger partial charge in [-0.2, -0.15) is 0 Å². The van der Waals surface area contributed by atoms with Crippen LogP contribution in [0.25, 0.3) is 0 Å². The maximum Gasteiger partial charge on any atom is 0.336 e. The molecule has 1 N–H and O–H groups in total. The van der Waals surface area contributed by atoms with Gasteiger partial charge in [-0.1, -0.05) is 11.6 Å². The van der Waals surface area contributed by atoms with Crippen LogP contribution in [0.3, 0.4) is 0 Å². The average molecular weight is 278 g/mol.